The molecule has 1 heterocycles. The molecule has 0 aromatic heterocycles. The molecule has 4 nitrogen and oxygen atoms in total. The average molecular weight is 335 g/mol. The Balaban J connectivity index is 1.83. The predicted molar refractivity (Wildman–Crippen MR) is 82.8 cm³/mol. The minimum atomic E-state index is -2.91. The molecule has 1 saturated heterocycles. The van der Waals surface area contributed by atoms with Gasteiger partial charge >= 0.3 is 0 Å². The first kappa shape index (κ1) is 16.7. The van der Waals surface area contributed by atoms with Crippen molar-refractivity contribution in [1.82, 2.24) is 9.80 Å². The van der Waals surface area contributed by atoms with E-state index in [1.54, 1.807) is 6.07 Å². The molecule has 1 aromatic carbocycles. The van der Waals surface area contributed by atoms with Crippen molar-refractivity contribution in [2.24, 2.45) is 0 Å². The van der Waals surface area contributed by atoms with Crippen LogP contribution in [0.2, 0.25) is 5.02 Å². The highest BCUT2D eigenvalue weighted by molar-refractivity contribution is 7.90. The lowest BCUT2D eigenvalue weighted by atomic mass is 10.2. The third kappa shape index (κ3) is 5.54. The van der Waals surface area contributed by atoms with Gasteiger partial charge in [-0.25, -0.2) is 12.8 Å². The normalized spacial score (nSPS) is 18.0. The van der Waals surface area contributed by atoms with E-state index in [-0.39, 0.29) is 11.6 Å². The molecule has 118 valence electrons. The standard InChI is InChI=1S/C14H20ClFN2O2S/c1-21(19,20)9-8-17-4-6-18(7-5-17)11-12-10-13(16)2-3-14(12)15/h2-3,10H,4-9,11H2,1H3. The van der Waals surface area contributed by atoms with E-state index in [0.717, 1.165) is 31.7 Å². The fraction of sp³-hybridized carbons (Fsp3) is 0.571. The van der Waals surface area contributed by atoms with Gasteiger partial charge in [0.05, 0.1) is 5.75 Å². The second kappa shape index (κ2) is 7.05. The van der Waals surface area contributed by atoms with Crippen LogP contribution < -0.4 is 0 Å². The topological polar surface area (TPSA) is 40.6 Å². The quantitative estimate of drug-likeness (QED) is 0.821. The SMILES string of the molecule is CS(=O)(=O)CCN1CCN(Cc2cc(F)ccc2Cl)CC1. The van der Waals surface area contributed by atoms with E-state index in [2.05, 4.69) is 9.80 Å². The Kier molecular flexibility index (Phi) is 5.60. The van der Waals surface area contributed by atoms with E-state index in [4.69, 9.17) is 11.6 Å². The van der Waals surface area contributed by atoms with Crippen LogP contribution in [0.5, 0.6) is 0 Å². The van der Waals surface area contributed by atoms with E-state index in [1.807, 2.05) is 0 Å². The molecule has 1 aliphatic rings. The van der Waals surface area contributed by atoms with Gasteiger partial charge in [0.15, 0.2) is 0 Å². The van der Waals surface area contributed by atoms with Gasteiger partial charge in [-0.15, -0.1) is 0 Å². The first-order valence-electron chi connectivity index (χ1n) is 6.90. The lowest BCUT2D eigenvalue weighted by Gasteiger charge is -2.34. The summed E-state index contributed by atoms with van der Waals surface area (Å²) in [7, 11) is -2.91. The van der Waals surface area contributed by atoms with Crippen LogP contribution in [0.4, 0.5) is 4.39 Å². The number of hydrogen-bond acceptors (Lipinski definition) is 4. The Hall–Kier alpha value is -0.690. The third-order valence-electron chi connectivity index (χ3n) is 3.64. The molecule has 0 N–H and O–H groups in total. The maximum absolute atomic E-state index is 13.2. The highest BCUT2D eigenvalue weighted by Gasteiger charge is 2.18. The average Bonchev–Trinajstić information content (AvgIpc) is 2.41. The molecule has 0 aliphatic carbocycles. The molecule has 7 heteroatoms. The fourth-order valence-corrected chi connectivity index (χ4v) is 3.14. The molecule has 0 bridgehead atoms. The highest BCUT2D eigenvalue weighted by Crippen LogP contribution is 2.19. The van der Waals surface area contributed by atoms with Crippen LogP contribution in [0.1, 0.15) is 5.56 Å². The van der Waals surface area contributed by atoms with Crippen molar-refractivity contribution in [3.8, 4) is 0 Å². The summed E-state index contributed by atoms with van der Waals surface area (Å²) in [5, 5.41) is 0.580. The number of nitrogens with zero attached hydrogens (tertiary/aromatic N) is 2. The molecule has 0 atom stereocenters. The molecule has 2 rings (SSSR count). The van der Waals surface area contributed by atoms with Crippen LogP contribution in [0.15, 0.2) is 18.2 Å². The van der Waals surface area contributed by atoms with Gasteiger partial charge in [-0.3, -0.25) is 9.80 Å². The molecule has 0 radical (unpaired) electrons. The van der Waals surface area contributed by atoms with Crippen LogP contribution in [-0.4, -0.2) is 63.0 Å². The highest BCUT2D eigenvalue weighted by atomic mass is 35.5. The summed E-state index contributed by atoms with van der Waals surface area (Å²) in [6, 6.07) is 4.40. The van der Waals surface area contributed by atoms with Crippen LogP contribution in [0.3, 0.4) is 0 Å². The summed E-state index contributed by atoms with van der Waals surface area (Å²) in [6.45, 7) is 4.50. The summed E-state index contributed by atoms with van der Waals surface area (Å²) in [5.74, 6) is -0.0795. The first-order chi connectivity index (χ1) is 9.83. The number of benzene rings is 1. The van der Waals surface area contributed by atoms with Crippen LogP contribution >= 0.6 is 11.6 Å². The number of piperazine rings is 1. The van der Waals surface area contributed by atoms with Gasteiger partial charge in [-0.2, -0.15) is 0 Å². The summed E-state index contributed by atoms with van der Waals surface area (Å²) in [4.78, 5) is 4.35. The number of sulfone groups is 1. The second-order valence-corrected chi connectivity index (χ2v) is 8.15. The van der Waals surface area contributed by atoms with Crippen molar-refractivity contribution in [3.05, 3.63) is 34.6 Å². The monoisotopic (exact) mass is 334 g/mol. The number of hydrogen-bond donors (Lipinski definition) is 0. The predicted octanol–water partition coefficient (Wildman–Crippen LogP) is 1.64. The lowest BCUT2D eigenvalue weighted by molar-refractivity contribution is 0.132. The molecule has 0 amide bonds. The van der Waals surface area contributed by atoms with Gasteiger partial charge in [0.2, 0.25) is 0 Å². The van der Waals surface area contributed by atoms with Crippen molar-refractivity contribution in [2.75, 3.05) is 44.7 Å². The minimum Gasteiger partial charge on any atom is -0.300 e. The van der Waals surface area contributed by atoms with Crippen LogP contribution in [0, 0.1) is 5.82 Å². The molecule has 1 aromatic rings. The Morgan fingerprint density at radius 2 is 1.81 bits per heavy atom. The zero-order chi connectivity index (χ0) is 15.5. The van der Waals surface area contributed by atoms with E-state index >= 15 is 0 Å². The Bertz CT molecular complexity index is 587. The molecule has 21 heavy (non-hydrogen) atoms. The molecule has 0 saturated carbocycles. The maximum Gasteiger partial charge on any atom is 0.148 e. The summed E-state index contributed by atoms with van der Waals surface area (Å²) in [5.41, 5.74) is 0.793. The van der Waals surface area contributed by atoms with E-state index in [9.17, 15) is 12.8 Å². The van der Waals surface area contributed by atoms with E-state index < -0.39 is 9.84 Å². The van der Waals surface area contributed by atoms with Crippen molar-refractivity contribution in [3.63, 3.8) is 0 Å². The Labute approximate surface area is 130 Å². The molecular formula is C14H20ClFN2O2S. The Morgan fingerprint density at radius 3 is 2.43 bits per heavy atom. The molecule has 0 spiro atoms. The van der Waals surface area contributed by atoms with Crippen LogP contribution in [-0.2, 0) is 16.4 Å². The molecule has 1 aliphatic heterocycles. The lowest BCUT2D eigenvalue weighted by Crippen LogP contribution is -2.47. The first-order valence-corrected chi connectivity index (χ1v) is 9.34. The van der Waals surface area contributed by atoms with Crippen molar-refractivity contribution in [2.45, 2.75) is 6.54 Å². The third-order valence-corrected chi connectivity index (χ3v) is 4.94. The van der Waals surface area contributed by atoms with Gasteiger partial charge in [0, 0.05) is 50.5 Å². The Morgan fingerprint density at radius 1 is 1.19 bits per heavy atom. The van der Waals surface area contributed by atoms with Crippen molar-refractivity contribution < 1.29 is 12.8 Å². The summed E-state index contributed by atoms with van der Waals surface area (Å²) < 4.78 is 35.6. The van der Waals surface area contributed by atoms with Gasteiger partial charge in [-0.1, -0.05) is 11.6 Å². The largest absolute Gasteiger partial charge is 0.300 e. The maximum atomic E-state index is 13.2. The molecule has 1 fully saturated rings. The number of halogens is 2. The van der Waals surface area contributed by atoms with Gasteiger partial charge in [-0.05, 0) is 23.8 Å². The molecule has 0 unspecified atom stereocenters. The second-order valence-electron chi connectivity index (χ2n) is 5.48. The van der Waals surface area contributed by atoms with Gasteiger partial charge in [0.25, 0.3) is 0 Å². The smallest absolute Gasteiger partial charge is 0.148 e. The number of rotatable bonds is 5. The van der Waals surface area contributed by atoms with E-state index in [0.29, 0.717) is 18.1 Å². The van der Waals surface area contributed by atoms with Gasteiger partial charge < -0.3 is 0 Å². The summed E-state index contributed by atoms with van der Waals surface area (Å²) in [6.07, 6.45) is 1.26. The van der Waals surface area contributed by atoms with Crippen molar-refractivity contribution in [1.29, 1.82) is 0 Å². The van der Waals surface area contributed by atoms with E-state index in [1.165, 1.54) is 18.4 Å². The minimum absolute atomic E-state index is 0.197. The fourth-order valence-electron chi connectivity index (χ4n) is 2.37. The zero-order valence-electron chi connectivity index (χ0n) is 12.1. The zero-order valence-corrected chi connectivity index (χ0v) is 13.6. The molecular weight excluding hydrogens is 315 g/mol. The van der Waals surface area contributed by atoms with Crippen molar-refractivity contribution >= 4 is 21.4 Å². The van der Waals surface area contributed by atoms with Crippen LogP contribution in [0.25, 0.3) is 0 Å². The van der Waals surface area contributed by atoms with Gasteiger partial charge in [0.1, 0.15) is 15.7 Å². The summed E-state index contributed by atoms with van der Waals surface area (Å²) >= 11 is 6.07.